The molecule has 1 aromatic rings. The average molecular weight is 280 g/mol. The van der Waals surface area contributed by atoms with E-state index in [4.69, 9.17) is 4.74 Å². The third-order valence-electron chi connectivity index (χ3n) is 2.58. The normalized spacial score (nSPS) is 10.3. The highest BCUT2D eigenvalue weighted by atomic mass is 16.5. The topological polar surface area (TPSA) is 82.9 Å². The first-order valence-electron chi connectivity index (χ1n) is 6.49. The molecule has 0 spiro atoms. The molecular formula is C14H20N2O4. The van der Waals surface area contributed by atoms with Gasteiger partial charge in [-0.3, -0.25) is 4.79 Å². The minimum atomic E-state index is -1.16. The van der Waals surface area contributed by atoms with Crippen LogP contribution >= 0.6 is 0 Å². The van der Waals surface area contributed by atoms with E-state index in [0.717, 1.165) is 6.54 Å². The number of nitrogens with one attached hydrogen (secondary N) is 2. The molecule has 1 rings (SSSR count). The summed E-state index contributed by atoms with van der Waals surface area (Å²) in [6.45, 7) is 1.46. The van der Waals surface area contributed by atoms with Crippen molar-refractivity contribution < 1.29 is 24.3 Å². The molecule has 0 fully saturated rings. The lowest BCUT2D eigenvalue weighted by Gasteiger charge is -2.10. The van der Waals surface area contributed by atoms with E-state index in [1.54, 1.807) is 24.3 Å². The van der Waals surface area contributed by atoms with E-state index in [2.05, 4.69) is 5.32 Å². The molecule has 6 heteroatoms. The number of hydrogen-bond donors (Lipinski definition) is 2. The van der Waals surface area contributed by atoms with Gasteiger partial charge in [0.2, 0.25) is 0 Å². The summed E-state index contributed by atoms with van der Waals surface area (Å²) in [7, 11) is 4.02. The van der Waals surface area contributed by atoms with E-state index in [1.165, 1.54) is 4.90 Å². The van der Waals surface area contributed by atoms with Gasteiger partial charge in [0.1, 0.15) is 5.75 Å². The fraction of sp³-hybridized carbons (Fsp3) is 0.429. The van der Waals surface area contributed by atoms with Crippen molar-refractivity contribution in [1.82, 2.24) is 5.32 Å². The maximum absolute atomic E-state index is 11.9. The Morgan fingerprint density at radius 2 is 2.10 bits per heavy atom. The summed E-state index contributed by atoms with van der Waals surface area (Å²) in [6, 6.07) is 6.65. The SMILES string of the molecule is C[NH+](C)CCNC(=O)c1cccc(OCCC(=O)[O-])c1. The smallest absolute Gasteiger partial charge is 0.251 e. The molecular weight excluding hydrogens is 260 g/mol. The van der Waals surface area contributed by atoms with Crippen LogP contribution in [-0.4, -0.2) is 45.7 Å². The van der Waals surface area contributed by atoms with Gasteiger partial charge in [-0.25, -0.2) is 0 Å². The highest BCUT2D eigenvalue weighted by molar-refractivity contribution is 5.94. The van der Waals surface area contributed by atoms with Crippen LogP contribution in [0, 0.1) is 0 Å². The van der Waals surface area contributed by atoms with Crippen LogP contribution in [0.25, 0.3) is 0 Å². The predicted octanol–water partition coefficient (Wildman–Crippen LogP) is -1.92. The van der Waals surface area contributed by atoms with E-state index >= 15 is 0 Å². The van der Waals surface area contributed by atoms with Crippen LogP contribution in [0.3, 0.4) is 0 Å². The van der Waals surface area contributed by atoms with Gasteiger partial charge in [-0.05, 0) is 18.2 Å². The Balaban J connectivity index is 2.49. The van der Waals surface area contributed by atoms with Crippen molar-refractivity contribution >= 4 is 11.9 Å². The molecule has 6 nitrogen and oxygen atoms in total. The van der Waals surface area contributed by atoms with Gasteiger partial charge in [0.05, 0.1) is 33.8 Å². The molecule has 0 aliphatic rings. The number of amides is 1. The maximum atomic E-state index is 11.9. The lowest BCUT2D eigenvalue weighted by atomic mass is 10.2. The van der Waals surface area contributed by atoms with Crippen molar-refractivity contribution in [2.75, 3.05) is 33.8 Å². The number of carboxylic acids is 1. The second-order valence-electron chi connectivity index (χ2n) is 4.71. The van der Waals surface area contributed by atoms with E-state index in [-0.39, 0.29) is 18.9 Å². The molecule has 0 saturated heterocycles. The van der Waals surface area contributed by atoms with E-state index in [1.807, 2.05) is 14.1 Å². The quantitative estimate of drug-likeness (QED) is 0.581. The molecule has 0 aliphatic carbocycles. The largest absolute Gasteiger partial charge is 0.550 e. The van der Waals surface area contributed by atoms with Crippen molar-refractivity contribution in [3.8, 4) is 5.75 Å². The van der Waals surface area contributed by atoms with Crippen molar-refractivity contribution in [1.29, 1.82) is 0 Å². The number of aliphatic carboxylic acids is 1. The van der Waals surface area contributed by atoms with Crippen LogP contribution in [0.4, 0.5) is 0 Å². The number of quaternary nitrogens is 1. The maximum Gasteiger partial charge on any atom is 0.251 e. The summed E-state index contributed by atoms with van der Waals surface area (Å²) in [5, 5.41) is 13.1. The lowest BCUT2D eigenvalue weighted by molar-refractivity contribution is -0.856. The number of carbonyl (C=O) groups excluding carboxylic acids is 2. The van der Waals surface area contributed by atoms with Crippen LogP contribution in [0.15, 0.2) is 24.3 Å². The Kier molecular flexibility index (Phi) is 6.52. The third kappa shape index (κ3) is 6.19. The molecule has 1 amide bonds. The second-order valence-corrected chi connectivity index (χ2v) is 4.71. The van der Waals surface area contributed by atoms with Gasteiger partial charge in [0, 0.05) is 18.0 Å². The molecule has 0 radical (unpaired) electrons. The Morgan fingerprint density at radius 1 is 1.35 bits per heavy atom. The fourth-order valence-corrected chi connectivity index (χ4v) is 1.51. The van der Waals surface area contributed by atoms with Gasteiger partial charge in [-0.15, -0.1) is 0 Å². The van der Waals surface area contributed by atoms with Crippen LogP contribution in [0.2, 0.25) is 0 Å². The van der Waals surface area contributed by atoms with Crippen molar-refractivity contribution in [3.05, 3.63) is 29.8 Å². The number of benzene rings is 1. The standard InChI is InChI=1S/C14H20N2O4/c1-16(2)8-7-15-14(19)11-4-3-5-12(10-11)20-9-6-13(17)18/h3-5,10H,6-9H2,1-2H3,(H,15,19)(H,17,18). The van der Waals surface area contributed by atoms with Crippen molar-refractivity contribution in [2.24, 2.45) is 0 Å². The summed E-state index contributed by atoms with van der Waals surface area (Å²) < 4.78 is 5.25. The first-order chi connectivity index (χ1) is 9.49. The monoisotopic (exact) mass is 280 g/mol. The molecule has 0 unspecified atom stereocenters. The fourth-order valence-electron chi connectivity index (χ4n) is 1.51. The molecule has 0 atom stereocenters. The second kappa shape index (κ2) is 8.16. The Hall–Kier alpha value is -2.08. The lowest BCUT2D eigenvalue weighted by Crippen LogP contribution is -3.06. The molecule has 0 aliphatic heterocycles. The molecule has 0 saturated carbocycles. The van der Waals surface area contributed by atoms with E-state index in [9.17, 15) is 14.7 Å². The van der Waals surface area contributed by atoms with Gasteiger partial charge in [-0.1, -0.05) is 6.07 Å². The zero-order valence-electron chi connectivity index (χ0n) is 11.8. The van der Waals surface area contributed by atoms with Gasteiger partial charge in [0.15, 0.2) is 0 Å². The van der Waals surface area contributed by atoms with Crippen LogP contribution < -0.4 is 20.1 Å². The van der Waals surface area contributed by atoms with Crippen molar-refractivity contribution in [2.45, 2.75) is 6.42 Å². The zero-order chi connectivity index (χ0) is 15.0. The number of hydrogen-bond acceptors (Lipinski definition) is 4. The molecule has 20 heavy (non-hydrogen) atoms. The Labute approximate surface area is 118 Å². The molecule has 0 bridgehead atoms. The predicted molar refractivity (Wildman–Crippen MR) is 71.6 cm³/mol. The number of rotatable bonds is 8. The molecule has 1 aromatic carbocycles. The number of carboxylic acid groups (broad SMARTS) is 1. The highest BCUT2D eigenvalue weighted by Crippen LogP contribution is 2.13. The molecule has 110 valence electrons. The summed E-state index contributed by atoms with van der Waals surface area (Å²) in [5.41, 5.74) is 0.490. The van der Waals surface area contributed by atoms with Crippen LogP contribution in [0.1, 0.15) is 16.8 Å². The minimum Gasteiger partial charge on any atom is -0.550 e. The third-order valence-corrected chi connectivity index (χ3v) is 2.58. The first kappa shape index (κ1) is 16.0. The number of carbonyl (C=O) groups is 2. The first-order valence-corrected chi connectivity index (χ1v) is 6.49. The van der Waals surface area contributed by atoms with Gasteiger partial charge >= 0.3 is 0 Å². The number of likely N-dealkylation sites (N-methyl/N-ethyl adjacent to an activating group) is 1. The average Bonchev–Trinajstić information content (AvgIpc) is 2.38. The summed E-state index contributed by atoms with van der Waals surface area (Å²) in [6.07, 6.45) is -0.179. The van der Waals surface area contributed by atoms with E-state index in [0.29, 0.717) is 17.9 Å². The summed E-state index contributed by atoms with van der Waals surface area (Å²) in [5.74, 6) is -0.862. The number of ether oxygens (including phenoxy) is 1. The van der Waals surface area contributed by atoms with Crippen LogP contribution in [0.5, 0.6) is 5.75 Å². The minimum absolute atomic E-state index is 0.0252. The van der Waals surface area contributed by atoms with Gasteiger partial charge in [0.25, 0.3) is 5.91 Å². The Morgan fingerprint density at radius 3 is 2.75 bits per heavy atom. The summed E-state index contributed by atoms with van der Waals surface area (Å²) >= 11 is 0. The highest BCUT2D eigenvalue weighted by Gasteiger charge is 2.06. The molecule has 0 heterocycles. The van der Waals surface area contributed by atoms with Gasteiger partial charge in [-0.2, -0.15) is 0 Å². The zero-order valence-corrected chi connectivity index (χ0v) is 11.8. The van der Waals surface area contributed by atoms with Gasteiger partial charge < -0.3 is 24.9 Å². The van der Waals surface area contributed by atoms with E-state index < -0.39 is 5.97 Å². The molecule has 0 aromatic heterocycles. The molecule has 2 N–H and O–H groups in total. The Bertz CT molecular complexity index is 460. The summed E-state index contributed by atoms with van der Waals surface area (Å²) in [4.78, 5) is 23.4. The van der Waals surface area contributed by atoms with Crippen molar-refractivity contribution in [3.63, 3.8) is 0 Å². The van der Waals surface area contributed by atoms with Crippen LogP contribution in [-0.2, 0) is 4.79 Å².